The minimum Gasteiger partial charge on any atom is -0.306 e. The van der Waals surface area contributed by atoms with Crippen LogP contribution in [0.5, 0.6) is 0 Å². The summed E-state index contributed by atoms with van der Waals surface area (Å²) in [5.74, 6) is 0.915. The van der Waals surface area contributed by atoms with E-state index < -0.39 is 0 Å². The van der Waals surface area contributed by atoms with Crippen molar-refractivity contribution in [2.24, 2.45) is 5.92 Å². The van der Waals surface area contributed by atoms with Gasteiger partial charge in [0.2, 0.25) is 0 Å². The molecular formula is C12H23N3. The van der Waals surface area contributed by atoms with Gasteiger partial charge in [0.25, 0.3) is 0 Å². The van der Waals surface area contributed by atoms with Crippen molar-refractivity contribution in [3.05, 3.63) is 0 Å². The summed E-state index contributed by atoms with van der Waals surface area (Å²) < 4.78 is 0. The van der Waals surface area contributed by atoms with Crippen LogP contribution in [-0.4, -0.2) is 37.6 Å². The summed E-state index contributed by atoms with van der Waals surface area (Å²) in [6.07, 6.45) is 5.09. The molecule has 15 heavy (non-hydrogen) atoms. The topological polar surface area (TPSA) is 39.1 Å². The van der Waals surface area contributed by atoms with Crippen LogP contribution in [0.2, 0.25) is 0 Å². The van der Waals surface area contributed by atoms with Gasteiger partial charge in [0.05, 0.1) is 6.07 Å². The number of rotatable bonds is 6. The molecule has 1 rings (SSSR count). The van der Waals surface area contributed by atoms with Gasteiger partial charge in [-0.1, -0.05) is 6.42 Å². The summed E-state index contributed by atoms with van der Waals surface area (Å²) in [5, 5.41) is 12.1. The first-order valence-corrected chi connectivity index (χ1v) is 5.88. The Labute approximate surface area is 93.5 Å². The highest BCUT2D eigenvalue weighted by atomic mass is 15.1. The molecule has 3 heteroatoms. The number of nitrogens with zero attached hydrogens (tertiary/aromatic N) is 2. The van der Waals surface area contributed by atoms with E-state index in [4.69, 9.17) is 5.26 Å². The Morgan fingerprint density at radius 1 is 1.53 bits per heavy atom. The molecule has 0 aliphatic heterocycles. The van der Waals surface area contributed by atoms with E-state index in [0.717, 1.165) is 18.9 Å². The summed E-state index contributed by atoms with van der Waals surface area (Å²) >= 11 is 0. The minimum atomic E-state index is -0.367. The molecule has 0 heterocycles. The van der Waals surface area contributed by atoms with E-state index in [9.17, 15) is 0 Å². The highest BCUT2D eigenvalue weighted by Gasteiger charge is 2.23. The van der Waals surface area contributed by atoms with Crippen molar-refractivity contribution in [3.63, 3.8) is 0 Å². The van der Waals surface area contributed by atoms with Crippen LogP contribution in [0.1, 0.15) is 32.6 Å². The van der Waals surface area contributed by atoms with Crippen LogP contribution < -0.4 is 5.32 Å². The van der Waals surface area contributed by atoms with Crippen molar-refractivity contribution < 1.29 is 0 Å². The molecule has 1 atom stereocenters. The summed E-state index contributed by atoms with van der Waals surface area (Å²) in [6.45, 7) is 4.16. The largest absolute Gasteiger partial charge is 0.306 e. The van der Waals surface area contributed by atoms with Gasteiger partial charge in [-0.3, -0.25) is 0 Å². The quantitative estimate of drug-likeness (QED) is 0.722. The number of nitriles is 1. The van der Waals surface area contributed by atoms with Crippen molar-refractivity contribution in [3.8, 4) is 6.07 Å². The Hall–Kier alpha value is -0.590. The molecule has 0 aromatic heterocycles. The summed E-state index contributed by atoms with van der Waals surface area (Å²) in [7, 11) is 4.01. The van der Waals surface area contributed by atoms with Crippen LogP contribution in [-0.2, 0) is 0 Å². The molecule has 0 saturated heterocycles. The number of nitrogens with one attached hydrogen (secondary N) is 1. The Kier molecular flexibility index (Phi) is 4.56. The second-order valence-corrected chi connectivity index (χ2v) is 5.00. The van der Waals surface area contributed by atoms with Crippen LogP contribution >= 0.6 is 0 Å². The lowest BCUT2D eigenvalue weighted by Gasteiger charge is -2.31. The zero-order chi connectivity index (χ0) is 11.3. The molecule has 3 nitrogen and oxygen atoms in total. The normalized spacial score (nSPS) is 20.7. The van der Waals surface area contributed by atoms with Crippen molar-refractivity contribution in [2.45, 2.75) is 38.1 Å². The van der Waals surface area contributed by atoms with Gasteiger partial charge in [-0.05, 0) is 46.2 Å². The predicted octanol–water partition coefficient (Wildman–Crippen LogP) is 1.61. The van der Waals surface area contributed by atoms with Gasteiger partial charge in [-0.25, -0.2) is 0 Å². The third-order valence-electron chi connectivity index (χ3n) is 3.59. The molecule has 0 amide bonds. The van der Waals surface area contributed by atoms with E-state index in [-0.39, 0.29) is 5.54 Å². The molecule has 1 aliphatic carbocycles. The smallest absolute Gasteiger partial charge is 0.104 e. The van der Waals surface area contributed by atoms with Crippen LogP contribution in [0.15, 0.2) is 0 Å². The molecule has 0 aromatic rings. The van der Waals surface area contributed by atoms with Crippen LogP contribution in [0, 0.1) is 17.2 Å². The predicted molar refractivity (Wildman–Crippen MR) is 62.5 cm³/mol. The zero-order valence-corrected chi connectivity index (χ0v) is 10.2. The Morgan fingerprint density at radius 3 is 2.60 bits per heavy atom. The maximum Gasteiger partial charge on any atom is 0.104 e. The van der Waals surface area contributed by atoms with E-state index in [1.54, 1.807) is 0 Å². The maximum atomic E-state index is 9.01. The second-order valence-electron chi connectivity index (χ2n) is 5.00. The van der Waals surface area contributed by atoms with E-state index in [0.29, 0.717) is 0 Å². The van der Waals surface area contributed by atoms with Crippen LogP contribution in [0.4, 0.5) is 0 Å². The van der Waals surface area contributed by atoms with E-state index in [2.05, 4.69) is 23.3 Å². The number of hydrogen-bond donors (Lipinski definition) is 1. The van der Waals surface area contributed by atoms with Gasteiger partial charge in [-0.15, -0.1) is 0 Å². The standard InChI is InChI=1S/C12H23N3/c1-12(10-13,14-2)7-8-15(3)9-11-5-4-6-11/h11,14H,4-9H2,1-3H3. The van der Waals surface area contributed by atoms with Crippen molar-refractivity contribution >= 4 is 0 Å². The molecule has 1 saturated carbocycles. The van der Waals surface area contributed by atoms with Gasteiger partial charge in [0, 0.05) is 13.1 Å². The molecule has 0 radical (unpaired) electrons. The Morgan fingerprint density at radius 2 is 2.20 bits per heavy atom. The van der Waals surface area contributed by atoms with Gasteiger partial charge < -0.3 is 10.2 Å². The highest BCUT2D eigenvalue weighted by molar-refractivity contribution is 5.03. The fraction of sp³-hybridized carbons (Fsp3) is 0.917. The third-order valence-corrected chi connectivity index (χ3v) is 3.59. The molecule has 0 spiro atoms. The first-order chi connectivity index (χ1) is 7.09. The van der Waals surface area contributed by atoms with Crippen molar-refractivity contribution in [1.29, 1.82) is 5.26 Å². The van der Waals surface area contributed by atoms with Gasteiger partial charge >= 0.3 is 0 Å². The molecule has 1 aliphatic rings. The summed E-state index contributed by atoms with van der Waals surface area (Å²) in [5.41, 5.74) is -0.367. The monoisotopic (exact) mass is 209 g/mol. The second kappa shape index (κ2) is 5.48. The average Bonchev–Trinajstić information content (AvgIpc) is 2.20. The SMILES string of the molecule is CNC(C)(C#N)CCN(C)CC1CCC1. The van der Waals surface area contributed by atoms with Gasteiger partial charge in [-0.2, -0.15) is 5.26 Å². The average molecular weight is 209 g/mol. The summed E-state index contributed by atoms with van der Waals surface area (Å²) in [6, 6.07) is 2.33. The van der Waals surface area contributed by atoms with Gasteiger partial charge in [0.1, 0.15) is 5.54 Å². The van der Waals surface area contributed by atoms with Crippen molar-refractivity contribution in [2.75, 3.05) is 27.2 Å². The van der Waals surface area contributed by atoms with E-state index in [1.807, 2.05) is 14.0 Å². The molecule has 0 aromatic carbocycles. The van der Waals surface area contributed by atoms with Crippen LogP contribution in [0.3, 0.4) is 0 Å². The molecule has 86 valence electrons. The van der Waals surface area contributed by atoms with E-state index >= 15 is 0 Å². The maximum absolute atomic E-state index is 9.01. The lowest BCUT2D eigenvalue weighted by atomic mass is 9.85. The molecular weight excluding hydrogens is 186 g/mol. The fourth-order valence-electron chi connectivity index (χ4n) is 1.86. The molecule has 0 bridgehead atoms. The zero-order valence-electron chi connectivity index (χ0n) is 10.2. The molecule has 1 N–H and O–H groups in total. The minimum absolute atomic E-state index is 0.367. The first-order valence-electron chi connectivity index (χ1n) is 5.88. The van der Waals surface area contributed by atoms with E-state index in [1.165, 1.54) is 25.8 Å². The fourth-order valence-corrected chi connectivity index (χ4v) is 1.86. The lowest BCUT2D eigenvalue weighted by Crippen LogP contribution is -2.42. The highest BCUT2D eigenvalue weighted by Crippen LogP contribution is 2.26. The third kappa shape index (κ3) is 3.81. The molecule has 1 fully saturated rings. The lowest BCUT2D eigenvalue weighted by molar-refractivity contribution is 0.195. The number of hydrogen-bond acceptors (Lipinski definition) is 3. The Bertz CT molecular complexity index is 230. The van der Waals surface area contributed by atoms with Gasteiger partial charge in [0.15, 0.2) is 0 Å². The molecule has 1 unspecified atom stereocenters. The Balaban J connectivity index is 2.20. The van der Waals surface area contributed by atoms with Crippen LogP contribution in [0.25, 0.3) is 0 Å². The first kappa shape index (κ1) is 12.5. The van der Waals surface area contributed by atoms with Crippen molar-refractivity contribution in [1.82, 2.24) is 10.2 Å². The summed E-state index contributed by atoms with van der Waals surface area (Å²) in [4.78, 5) is 2.36.